The maximum atomic E-state index is 11.1. The van der Waals surface area contributed by atoms with Crippen molar-refractivity contribution in [3.05, 3.63) is 11.6 Å². The zero-order valence-electron chi connectivity index (χ0n) is 15.5. The number of rotatable bonds is 0. The van der Waals surface area contributed by atoms with Gasteiger partial charge in [-0.1, -0.05) is 25.5 Å². The highest BCUT2D eigenvalue weighted by Crippen LogP contribution is 2.67. The zero-order chi connectivity index (χ0) is 17.3. The van der Waals surface area contributed by atoms with E-state index in [1.54, 1.807) is 5.57 Å². The second-order valence-electron chi connectivity index (χ2n) is 9.73. The van der Waals surface area contributed by atoms with Crippen molar-refractivity contribution in [1.82, 2.24) is 0 Å². The molecule has 3 heteroatoms. The Kier molecular flexibility index (Phi) is 3.95. The van der Waals surface area contributed by atoms with Gasteiger partial charge in [-0.3, -0.25) is 0 Å². The zero-order valence-corrected chi connectivity index (χ0v) is 15.5. The highest BCUT2D eigenvalue weighted by atomic mass is 16.3. The SMILES string of the molecule is C/C=C1/CCC2C3C(O)[C@H](O)C4C[C@H](N)CC[C@]4(C)C3CC[C@]12C. The van der Waals surface area contributed by atoms with Gasteiger partial charge in [0.2, 0.25) is 0 Å². The molecule has 0 aromatic rings. The van der Waals surface area contributed by atoms with Crippen LogP contribution in [0.25, 0.3) is 0 Å². The maximum absolute atomic E-state index is 11.1. The molecule has 0 aromatic carbocycles. The molecule has 3 nitrogen and oxygen atoms in total. The molecule has 0 radical (unpaired) electrons. The first-order chi connectivity index (χ1) is 11.3. The Morgan fingerprint density at radius 3 is 2.46 bits per heavy atom. The third kappa shape index (κ3) is 2.07. The van der Waals surface area contributed by atoms with Gasteiger partial charge in [0.15, 0.2) is 0 Å². The Bertz CT molecular complexity index is 546. The molecule has 0 amide bonds. The lowest BCUT2D eigenvalue weighted by Gasteiger charge is -2.63. The molecule has 4 N–H and O–H groups in total. The fraction of sp³-hybridized carbons (Fsp3) is 0.905. The number of allylic oxidation sites excluding steroid dienone is 2. The number of aliphatic hydroxyl groups excluding tert-OH is 2. The van der Waals surface area contributed by atoms with Crippen LogP contribution in [-0.4, -0.2) is 28.5 Å². The van der Waals surface area contributed by atoms with E-state index in [0.29, 0.717) is 11.8 Å². The van der Waals surface area contributed by atoms with Crippen molar-refractivity contribution in [1.29, 1.82) is 0 Å². The van der Waals surface area contributed by atoms with E-state index in [2.05, 4.69) is 26.8 Å². The molecule has 136 valence electrons. The van der Waals surface area contributed by atoms with Crippen LogP contribution in [0.3, 0.4) is 0 Å². The number of aliphatic hydroxyl groups is 2. The van der Waals surface area contributed by atoms with E-state index in [1.807, 2.05) is 0 Å². The van der Waals surface area contributed by atoms with Crippen molar-refractivity contribution in [2.75, 3.05) is 0 Å². The quantitative estimate of drug-likeness (QED) is 0.596. The summed E-state index contributed by atoms with van der Waals surface area (Å²) in [6.45, 7) is 6.98. The third-order valence-electron chi connectivity index (χ3n) is 8.99. The second-order valence-corrected chi connectivity index (χ2v) is 9.73. The van der Waals surface area contributed by atoms with E-state index in [1.165, 1.54) is 25.7 Å². The Balaban J connectivity index is 1.73. The first kappa shape index (κ1) is 17.1. The summed E-state index contributed by atoms with van der Waals surface area (Å²) in [5.74, 6) is 1.50. The second kappa shape index (κ2) is 5.56. The molecule has 4 saturated carbocycles. The summed E-state index contributed by atoms with van der Waals surface area (Å²) < 4.78 is 0. The van der Waals surface area contributed by atoms with E-state index < -0.39 is 12.2 Å². The lowest BCUT2D eigenvalue weighted by molar-refractivity contribution is -0.210. The molecule has 4 fully saturated rings. The molecule has 4 rings (SSSR count). The van der Waals surface area contributed by atoms with Crippen molar-refractivity contribution < 1.29 is 10.2 Å². The summed E-state index contributed by atoms with van der Waals surface area (Å²) in [7, 11) is 0. The molecule has 0 aliphatic heterocycles. The maximum Gasteiger partial charge on any atom is 0.0836 e. The van der Waals surface area contributed by atoms with Crippen LogP contribution in [0.1, 0.15) is 65.7 Å². The average molecular weight is 334 g/mol. The fourth-order valence-corrected chi connectivity index (χ4v) is 7.61. The summed E-state index contributed by atoms with van der Waals surface area (Å²) in [4.78, 5) is 0. The Hall–Kier alpha value is -0.380. The van der Waals surface area contributed by atoms with Gasteiger partial charge in [-0.05, 0) is 86.4 Å². The normalized spacial score (nSPS) is 58.9. The highest BCUT2D eigenvalue weighted by Gasteiger charge is 2.63. The molecular weight excluding hydrogens is 298 g/mol. The number of hydrogen-bond donors (Lipinski definition) is 3. The molecule has 0 spiro atoms. The monoisotopic (exact) mass is 333 g/mol. The van der Waals surface area contributed by atoms with E-state index in [-0.39, 0.29) is 28.7 Å². The van der Waals surface area contributed by atoms with E-state index in [9.17, 15) is 10.2 Å². The summed E-state index contributed by atoms with van der Waals surface area (Å²) in [6.07, 6.45) is 9.01. The van der Waals surface area contributed by atoms with Crippen molar-refractivity contribution in [3.8, 4) is 0 Å². The minimum atomic E-state index is -0.598. The van der Waals surface area contributed by atoms with Gasteiger partial charge in [-0.25, -0.2) is 0 Å². The Labute approximate surface area is 146 Å². The van der Waals surface area contributed by atoms with Crippen LogP contribution >= 0.6 is 0 Å². The first-order valence-corrected chi connectivity index (χ1v) is 10.1. The Morgan fingerprint density at radius 2 is 1.75 bits per heavy atom. The molecule has 24 heavy (non-hydrogen) atoms. The molecular formula is C21H35NO2. The summed E-state index contributed by atoms with van der Waals surface area (Å²) in [6, 6.07) is 0.191. The predicted octanol–water partition coefficient (Wildman–Crippen LogP) is 3.24. The van der Waals surface area contributed by atoms with Crippen LogP contribution in [0.2, 0.25) is 0 Å². The first-order valence-electron chi connectivity index (χ1n) is 10.1. The van der Waals surface area contributed by atoms with Crippen molar-refractivity contribution in [3.63, 3.8) is 0 Å². The van der Waals surface area contributed by atoms with Gasteiger partial charge < -0.3 is 15.9 Å². The van der Waals surface area contributed by atoms with Gasteiger partial charge in [0.25, 0.3) is 0 Å². The molecule has 0 aromatic heterocycles. The molecule has 0 bridgehead atoms. The fourth-order valence-electron chi connectivity index (χ4n) is 7.61. The van der Waals surface area contributed by atoms with Crippen LogP contribution in [0.4, 0.5) is 0 Å². The molecule has 4 aliphatic carbocycles. The van der Waals surface area contributed by atoms with Crippen molar-refractivity contribution in [2.24, 2.45) is 40.2 Å². The van der Waals surface area contributed by atoms with E-state index in [4.69, 9.17) is 5.73 Å². The van der Waals surface area contributed by atoms with Crippen molar-refractivity contribution in [2.45, 2.75) is 84.0 Å². The average Bonchev–Trinajstić information content (AvgIpc) is 2.90. The number of nitrogens with two attached hydrogens (primary N) is 1. The minimum Gasteiger partial charge on any atom is -0.390 e. The van der Waals surface area contributed by atoms with Gasteiger partial charge >= 0.3 is 0 Å². The summed E-state index contributed by atoms with van der Waals surface area (Å²) in [5.41, 5.74) is 8.20. The van der Waals surface area contributed by atoms with Crippen LogP contribution < -0.4 is 5.73 Å². The van der Waals surface area contributed by atoms with Crippen LogP contribution in [0.15, 0.2) is 11.6 Å². The Morgan fingerprint density at radius 1 is 1.00 bits per heavy atom. The smallest absolute Gasteiger partial charge is 0.0836 e. The molecule has 5 unspecified atom stereocenters. The van der Waals surface area contributed by atoms with Gasteiger partial charge in [-0.2, -0.15) is 0 Å². The van der Waals surface area contributed by atoms with Crippen molar-refractivity contribution >= 4 is 0 Å². The van der Waals surface area contributed by atoms with Gasteiger partial charge in [0.05, 0.1) is 12.2 Å². The molecule has 0 saturated heterocycles. The largest absolute Gasteiger partial charge is 0.390 e. The lowest BCUT2D eigenvalue weighted by atomic mass is 9.43. The van der Waals surface area contributed by atoms with E-state index in [0.717, 1.165) is 19.3 Å². The summed E-state index contributed by atoms with van der Waals surface area (Å²) in [5, 5.41) is 22.1. The molecule has 4 aliphatic rings. The predicted molar refractivity (Wildman–Crippen MR) is 96.2 cm³/mol. The van der Waals surface area contributed by atoms with Crippen LogP contribution in [-0.2, 0) is 0 Å². The molecule has 0 heterocycles. The number of hydrogen-bond acceptors (Lipinski definition) is 3. The number of fused-ring (bicyclic) bond motifs is 5. The summed E-state index contributed by atoms with van der Waals surface area (Å²) >= 11 is 0. The van der Waals surface area contributed by atoms with Crippen LogP contribution in [0, 0.1) is 34.5 Å². The van der Waals surface area contributed by atoms with Crippen LogP contribution in [0.5, 0.6) is 0 Å². The van der Waals surface area contributed by atoms with Gasteiger partial charge in [0, 0.05) is 6.04 Å². The molecule has 9 atom stereocenters. The third-order valence-corrected chi connectivity index (χ3v) is 8.99. The van der Waals surface area contributed by atoms with Gasteiger partial charge in [-0.15, -0.1) is 0 Å². The lowest BCUT2D eigenvalue weighted by Crippen LogP contribution is -2.64. The minimum absolute atomic E-state index is 0.152. The standard InChI is InChI=1S/C21H35NO2/c1-4-12-5-6-14-17-15(8-10-20(12,14)2)21(3)9-7-13(22)11-16(21)18(23)19(17)24/h4,13-19,23-24H,5-11,22H2,1-3H3/b12-4-/t13-,14?,15?,16?,17?,18-,19?,20-,21-/m1/s1. The van der Waals surface area contributed by atoms with Gasteiger partial charge in [0.1, 0.15) is 0 Å². The highest BCUT2D eigenvalue weighted by molar-refractivity contribution is 5.25. The topological polar surface area (TPSA) is 66.5 Å². The van der Waals surface area contributed by atoms with E-state index >= 15 is 0 Å².